The Bertz CT molecular complexity index is 1240. The van der Waals surface area contributed by atoms with Gasteiger partial charge in [0.25, 0.3) is 5.91 Å². The quantitative estimate of drug-likeness (QED) is 0.512. The third-order valence-corrected chi connectivity index (χ3v) is 5.31. The molecule has 2 unspecified atom stereocenters. The molecule has 0 bridgehead atoms. The molecule has 30 heavy (non-hydrogen) atoms. The van der Waals surface area contributed by atoms with E-state index in [-0.39, 0.29) is 17.7 Å². The second kappa shape index (κ2) is 7.14. The molecule has 0 saturated heterocycles. The summed E-state index contributed by atoms with van der Waals surface area (Å²) in [5.74, 6) is -0.0726. The van der Waals surface area contributed by atoms with E-state index in [1.165, 1.54) is 0 Å². The first-order valence-electron chi connectivity index (χ1n) is 9.62. The molecule has 1 aliphatic carbocycles. The number of furan rings is 1. The Labute approximate surface area is 171 Å². The molecule has 1 aromatic carbocycles. The molecule has 5 rings (SSSR count). The largest absolute Gasteiger partial charge is 0.463 e. The van der Waals surface area contributed by atoms with Crippen LogP contribution in [-0.4, -0.2) is 26.6 Å². The van der Waals surface area contributed by atoms with Gasteiger partial charge in [-0.1, -0.05) is 18.2 Å². The number of fused-ring (bicyclic) bond motifs is 1. The molecule has 2 atom stereocenters. The summed E-state index contributed by atoms with van der Waals surface area (Å²) in [6, 6.07) is 12.6. The van der Waals surface area contributed by atoms with E-state index in [1.807, 2.05) is 37.5 Å². The number of carbonyl (C=O) groups is 2. The van der Waals surface area contributed by atoms with E-state index in [2.05, 4.69) is 20.9 Å². The molecule has 8 heteroatoms. The number of rotatable bonds is 4. The number of aryl methyl sites for hydroxylation is 1. The molecular formula is C22H19N5O3. The number of hydrazine groups is 1. The maximum atomic E-state index is 12.9. The van der Waals surface area contributed by atoms with Crippen molar-refractivity contribution in [3.05, 3.63) is 72.2 Å². The van der Waals surface area contributed by atoms with Crippen molar-refractivity contribution in [3.8, 4) is 11.5 Å². The lowest BCUT2D eigenvalue weighted by Gasteiger charge is -2.10. The summed E-state index contributed by atoms with van der Waals surface area (Å²) in [6.07, 6.45) is 5.99. The van der Waals surface area contributed by atoms with Gasteiger partial charge in [0.2, 0.25) is 5.91 Å². The number of benzene rings is 1. The SMILES string of the molecule is Cn1cc(C2CC2C(=O)NNC(=O)c2cc(-c3ccco3)nc3ccccc23)cn1. The molecule has 2 N–H and O–H groups in total. The number of hydrogen-bond acceptors (Lipinski definition) is 5. The van der Waals surface area contributed by atoms with Gasteiger partial charge in [-0.15, -0.1) is 0 Å². The van der Waals surface area contributed by atoms with Crippen molar-refractivity contribution < 1.29 is 14.0 Å². The normalized spacial score (nSPS) is 17.6. The zero-order valence-electron chi connectivity index (χ0n) is 16.2. The van der Waals surface area contributed by atoms with Crippen LogP contribution in [0.15, 0.2) is 65.5 Å². The average Bonchev–Trinajstić information content (AvgIpc) is 3.15. The van der Waals surface area contributed by atoms with E-state index < -0.39 is 5.91 Å². The monoisotopic (exact) mass is 401 g/mol. The first-order valence-corrected chi connectivity index (χ1v) is 9.62. The van der Waals surface area contributed by atoms with E-state index >= 15 is 0 Å². The highest BCUT2D eigenvalue weighted by Gasteiger charge is 2.44. The predicted octanol–water partition coefficient (Wildman–Crippen LogP) is 2.79. The minimum Gasteiger partial charge on any atom is -0.463 e. The zero-order valence-corrected chi connectivity index (χ0v) is 16.2. The third kappa shape index (κ3) is 3.32. The molecule has 3 heterocycles. The predicted molar refractivity (Wildman–Crippen MR) is 109 cm³/mol. The summed E-state index contributed by atoms with van der Waals surface area (Å²) in [5.41, 5.74) is 7.76. The van der Waals surface area contributed by atoms with Gasteiger partial charge in [-0.2, -0.15) is 5.10 Å². The molecule has 8 nitrogen and oxygen atoms in total. The summed E-state index contributed by atoms with van der Waals surface area (Å²) in [6.45, 7) is 0. The molecule has 3 aromatic heterocycles. The summed E-state index contributed by atoms with van der Waals surface area (Å²) in [5, 5.41) is 4.84. The van der Waals surface area contributed by atoms with E-state index in [1.54, 1.807) is 35.3 Å². The van der Waals surface area contributed by atoms with Gasteiger partial charge in [0.05, 0.1) is 23.5 Å². The number of para-hydroxylation sites is 1. The zero-order chi connectivity index (χ0) is 20.7. The average molecular weight is 401 g/mol. The van der Waals surface area contributed by atoms with E-state index in [9.17, 15) is 9.59 Å². The highest BCUT2D eigenvalue weighted by Crippen LogP contribution is 2.47. The number of carbonyl (C=O) groups excluding carboxylic acids is 2. The fraction of sp³-hybridized carbons (Fsp3) is 0.182. The van der Waals surface area contributed by atoms with Crippen LogP contribution in [0.4, 0.5) is 0 Å². The van der Waals surface area contributed by atoms with Crippen molar-refractivity contribution in [1.82, 2.24) is 25.6 Å². The van der Waals surface area contributed by atoms with E-state index in [0.717, 1.165) is 12.0 Å². The maximum absolute atomic E-state index is 12.9. The van der Waals surface area contributed by atoms with Crippen LogP contribution in [0.25, 0.3) is 22.4 Å². The Morgan fingerprint density at radius 1 is 1.17 bits per heavy atom. The fourth-order valence-electron chi connectivity index (χ4n) is 3.68. The van der Waals surface area contributed by atoms with E-state index in [4.69, 9.17) is 4.42 Å². The summed E-state index contributed by atoms with van der Waals surface area (Å²) in [7, 11) is 1.84. The van der Waals surface area contributed by atoms with Crippen molar-refractivity contribution in [1.29, 1.82) is 0 Å². The van der Waals surface area contributed by atoms with Gasteiger partial charge in [-0.3, -0.25) is 25.1 Å². The first-order chi connectivity index (χ1) is 14.6. The number of hydrogen-bond donors (Lipinski definition) is 2. The number of nitrogens with one attached hydrogen (secondary N) is 2. The van der Waals surface area contributed by atoms with Crippen molar-refractivity contribution >= 4 is 22.7 Å². The number of pyridine rings is 1. The molecule has 0 radical (unpaired) electrons. The minimum atomic E-state index is -0.409. The fourth-order valence-corrected chi connectivity index (χ4v) is 3.68. The highest BCUT2D eigenvalue weighted by molar-refractivity contribution is 6.07. The van der Waals surface area contributed by atoms with Gasteiger partial charge in [-0.25, -0.2) is 4.98 Å². The smallest absolute Gasteiger partial charge is 0.270 e. The number of aromatic nitrogens is 3. The van der Waals surface area contributed by atoms with Gasteiger partial charge in [0, 0.05) is 24.5 Å². The Balaban J connectivity index is 1.33. The number of amides is 2. The van der Waals surface area contributed by atoms with Crippen LogP contribution in [0.3, 0.4) is 0 Å². The summed E-state index contributed by atoms with van der Waals surface area (Å²) >= 11 is 0. The second-order valence-electron chi connectivity index (χ2n) is 7.39. The van der Waals surface area contributed by atoms with Crippen LogP contribution in [-0.2, 0) is 11.8 Å². The van der Waals surface area contributed by atoms with Crippen LogP contribution < -0.4 is 10.9 Å². The lowest BCUT2D eigenvalue weighted by molar-refractivity contribution is -0.123. The third-order valence-electron chi connectivity index (χ3n) is 5.31. The molecule has 1 aliphatic rings. The van der Waals surface area contributed by atoms with Crippen LogP contribution >= 0.6 is 0 Å². The van der Waals surface area contributed by atoms with E-state index in [0.29, 0.717) is 27.9 Å². The Kier molecular flexibility index (Phi) is 4.31. The van der Waals surface area contributed by atoms with Crippen LogP contribution in [0, 0.1) is 5.92 Å². The summed E-state index contributed by atoms with van der Waals surface area (Å²) < 4.78 is 7.14. The molecule has 1 fully saturated rings. The van der Waals surface area contributed by atoms with Crippen LogP contribution in [0.5, 0.6) is 0 Å². The van der Waals surface area contributed by atoms with Crippen molar-refractivity contribution in [3.63, 3.8) is 0 Å². The highest BCUT2D eigenvalue weighted by atomic mass is 16.3. The molecule has 4 aromatic rings. The molecule has 150 valence electrons. The van der Waals surface area contributed by atoms with Gasteiger partial charge in [0.15, 0.2) is 5.76 Å². The van der Waals surface area contributed by atoms with Crippen LogP contribution in [0.2, 0.25) is 0 Å². The van der Waals surface area contributed by atoms with Gasteiger partial charge < -0.3 is 4.42 Å². The molecule has 0 spiro atoms. The maximum Gasteiger partial charge on any atom is 0.270 e. The Hall–Kier alpha value is -3.94. The van der Waals surface area contributed by atoms with Gasteiger partial charge in [0.1, 0.15) is 5.69 Å². The van der Waals surface area contributed by atoms with Crippen molar-refractivity contribution in [2.24, 2.45) is 13.0 Å². The van der Waals surface area contributed by atoms with Gasteiger partial charge in [-0.05, 0) is 42.2 Å². The second-order valence-corrected chi connectivity index (χ2v) is 7.39. The number of nitrogens with zero attached hydrogens (tertiary/aromatic N) is 3. The lowest BCUT2D eigenvalue weighted by atomic mass is 10.1. The lowest BCUT2D eigenvalue weighted by Crippen LogP contribution is -2.42. The Morgan fingerprint density at radius 2 is 2.03 bits per heavy atom. The van der Waals surface area contributed by atoms with Crippen molar-refractivity contribution in [2.75, 3.05) is 0 Å². The Morgan fingerprint density at radius 3 is 2.80 bits per heavy atom. The van der Waals surface area contributed by atoms with Gasteiger partial charge >= 0.3 is 0 Å². The van der Waals surface area contributed by atoms with Crippen LogP contribution in [0.1, 0.15) is 28.3 Å². The molecular weight excluding hydrogens is 382 g/mol. The molecule has 1 saturated carbocycles. The molecule has 2 amide bonds. The summed E-state index contributed by atoms with van der Waals surface area (Å²) in [4.78, 5) is 29.9. The molecule has 0 aliphatic heterocycles. The standard InChI is InChI=1S/C22H19N5O3/c1-27-12-13(11-23-27)15-9-16(15)21(28)25-26-22(29)17-10-19(20-7-4-8-30-20)24-18-6-3-2-5-14(17)18/h2-8,10-12,15-16H,9H2,1H3,(H,25,28)(H,26,29). The minimum absolute atomic E-state index is 0.142. The van der Waals surface area contributed by atoms with Crippen molar-refractivity contribution in [2.45, 2.75) is 12.3 Å². The topological polar surface area (TPSA) is 102 Å². The first kappa shape index (κ1) is 18.1.